The van der Waals surface area contributed by atoms with Crippen molar-refractivity contribution in [1.82, 2.24) is 10.2 Å². The van der Waals surface area contributed by atoms with Crippen molar-refractivity contribution >= 4 is 17.7 Å². The molecule has 2 aliphatic heterocycles. The molecule has 0 bridgehead atoms. The lowest BCUT2D eigenvalue weighted by atomic mass is 9.88. The van der Waals surface area contributed by atoms with Crippen molar-refractivity contribution in [2.45, 2.75) is 32.1 Å². The minimum Gasteiger partial charge on any atom is -0.464 e. The van der Waals surface area contributed by atoms with E-state index < -0.39 is 6.09 Å². The molecule has 0 saturated heterocycles. The van der Waals surface area contributed by atoms with Crippen molar-refractivity contribution in [2.75, 3.05) is 26.7 Å². The first-order valence-corrected chi connectivity index (χ1v) is 10.9. The van der Waals surface area contributed by atoms with Gasteiger partial charge in [-0.2, -0.15) is 0 Å². The zero-order chi connectivity index (χ0) is 21.1. The van der Waals surface area contributed by atoms with Crippen LogP contribution in [0.5, 0.6) is 5.75 Å². The number of unbranched alkanes of at least 4 members (excludes halogenated alkanes) is 1. The summed E-state index contributed by atoms with van der Waals surface area (Å²) in [6.07, 6.45) is 4.05. The Hall–Kier alpha value is -2.50. The molecule has 158 valence electrons. The molecule has 0 radical (unpaired) electrons. The van der Waals surface area contributed by atoms with E-state index in [0.29, 0.717) is 17.3 Å². The Kier molecular flexibility index (Phi) is 6.30. The van der Waals surface area contributed by atoms with Crippen molar-refractivity contribution in [3.8, 4) is 17.1 Å². The van der Waals surface area contributed by atoms with E-state index in [1.807, 2.05) is 18.2 Å². The Bertz CT molecular complexity index is 1000. The molecule has 1 N–H and O–H groups in total. The van der Waals surface area contributed by atoms with Crippen LogP contribution >= 0.6 is 11.6 Å². The molecule has 1 amide bonds. The highest BCUT2D eigenvalue weighted by atomic mass is 35.5. The van der Waals surface area contributed by atoms with E-state index in [1.54, 1.807) is 6.26 Å². The molecule has 6 heteroatoms. The molecule has 3 aliphatic rings. The van der Waals surface area contributed by atoms with Crippen molar-refractivity contribution in [1.29, 1.82) is 0 Å². The van der Waals surface area contributed by atoms with Crippen LogP contribution in [0, 0.1) is 0 Å². The van der Waals surface area contributed by atoms with Crippen LogP contribution in [-0.2, 0) is 6.42 Å². The summed E-state index contributed by atoms with van der Waals surface area (Å²) in [6.45, 7) is 4.45. The number of amides is 1. The van der Waals surface area contributed by atoms with Gasteiger partial charge in [-0.3, -0.25) is 0 Å². The Labute approximate surface area is 182 Å². The van der Waals surface area contributed by atoms with E-state index in [1.165, 1.54) is 5.56 Å². The Morgan fingerprint density at radius 1 is 1.30 bits per heavy atom. The minimum absolute atomic E-state index is 0.0962. The maximum absolute atomic E-state index is 12.2. The van der Waals surface area contributed by atoms with Gasteiger partial charge in [-0.05, 0) is 55.3 Å². The highest BCUT2D eigenvalue weighted by Gasteiger charge is 2.29. The first-order valence-electron chi connectivity index (χ1n) is 10.5. The number of likely N-dealkylation sites (N-methyl/N-ethyl adjacent to an activating group) is 1. The van der Waals surface area contributed by atoms with Crippen molar-refractivity contribution in [2.24, 2.45) is 0 Å². The third-order valence-corrected chi connectivity index (χ3v) is 6.01. The van der Waals surface area contributed by atoms with Crippen molar-refractivity contribution in [3.63, 3.8) is 0 Å². The third-order valence-electron chi connectivity index (χ3n) is 5.71. The first-order chi connectivity index (χ1) is 14.6. The average Bonchev–Trinajstić information content (AvgIpc) is 3.09. The Morgan fingerprint density at radius 3 is 3.00 bits per heavy atom. The van der Waals surface area contributed by atoms with Gasteiger partial charge in [0, 0.05) is 36.7 Å². The van der Waals surface area contributed by atoms with Crippen LogP contribution < -0.4 is 10.1 Å². The number of hydrogen-bond donors (Lipinski definition) is 1. The van der Waals surface area contributed by atoms with Gasteiger partial charge >= 0.3 is 6.09 Å². The molecule has 30 heavy (non-hydrogen) atoms. The summed E-state index contributed by atoms with van der Waals surface area (Å²) in [7, 11) is 2.13. The summed E-state index contributed by atoms with van der Waals surface area (Å²) >= 11 is 6.49. The molecule has 4 rings (SSSR count). The fourth-order valence-corrected chi connectivity index (χ4v) is 4.33. The quantitative estimate of drug-likeness (QED) is 0.544. The van der Waals surface area contributed by atoms with Gasteiger partial charge in [-0.25, -0.2) is 4.79 Å². The van der Waals surface area contributed by atoms with Gasteiger partial charge < -0.3 is 19.4 Å². The van der Waals surface area contributed by atoms with E-state index in [2.05, 4.69) is 42.4 Å². The van der Waals surface area contributed by atoms with Gasteiger partial charge in [0.25, 0.3) is 0 Å². The zero-order valence-electron chi connectivity index (χ0n) is 17.4. The predicted molar refractivity (Wildman–Crippen MR) is 119 cm³/mol. The Balaban J connectivity index is 1.69. The van der Waals surface area contributed by atoms with Crippen molar-refractivity contribution < 1.29 is 13.9 Å². The largest absolute Gasteiger partial charge is 0.464 e. The number of nitrogens with one attached hydrogen (secondary N) is 1. The lowest BCUT2D eigenvalue weighted by molar-refractivity contribution is 0.200. The van der Waals surface area contributed by atoms with Gasteiger partial charge in [0.15, 0.2) is 5.75 Å². The van der Waals surface area contributed by atoms with E-state index in [0.717, 1.165) is 54.8 Å². The number of fused-ring (bicyclic) bond motifs is 2. The molecule has 0 fully saturated rings. The third kappa shape index (κ3) is 4.32. The number of nitrogens with zero attached hydrogens (tertiary/aromatic N) is 1. The molecule has 1 atom stereocenters. The number of rotatable bonds is 5. The van der Waals surface area contributed by atoms with E-state index in [9.17, 15) is 4.79 Å². The number of carbonyl (C=O) groups excluding carboxylic acids is 1. The van der Waals surface area contributed by atoms with E-state index in [4.69, 9.17) is 20.8 Å². The maximum atomic E-state index is 12.2. The highest BCUT2D eigenvalue weighted by molar-refractivity contribution is 6.32. The average molecular weight is 427 g/mol. The second-order valence-electron chi connectivity index (χ2n) is 7.90. The van der Waals surface area contributed by atoms with Crippen LogP contribution in [0.25, 0.3) is 11.3 Å². The molecule has 5 nitrogen and oxygen atoms in total. The molecule has 0 spiro atoms. The summed E-state index contributed by atoms with van der Waals surface area (Å²) < 4.78 is 11.4. The van der Waals surface area contributed by atoms with Gasteiger partial charge in [-0.1, -0.05) is 37.1 Å². The number of hydrogen-bond acceptors (Lipinski definition) is 4. The lowest BCUT2D eigenvalue weighted by Gasteiger charge is -2.22. The van der Waals surface area contributed by atoms with Crippen LogP contribution in [-0.4, -0.2) is 37.7 Å². The van der Waals surface area contributed by atoms with Gasteiger partial charge in [0.05, 0.1) is 11.3 Å². The zero-order valence-corrected chi connectivity index (χ0v) is 18.2. The number of halogens is 1. The van der Waals surface area contributed by atoms with Crippen LogP contribution in [0.2, 0.25) is 5.02 Å². The molecule has 1 unspecified atom stereocenters. The fraction of sp³-hybridized carbons (Fsp3) is 0.375. The lowest BCUT2D eigenvalue weighted by Crippen LogP contribution is -2.27. The smallest absolute Gasteiger partial charge is 0.412 e. The van der Waals surface area contributed by atoms with Crippen LogP contribution in [0.15, 0.2) is 47.1 Å². The molecular weight excluding hydrogens is 400 g/mol. The van der Waals surface area contributed by atoms with Gasteiger partial charge in [-0.15, -0.1) is 0 Å². The standard InChI is InChI=1S/C24H27ClN2O3/c1-3-4-10-26-24(28)30-22-14-19-17(13-21(22)25)9-11-27(2)15-20(19)18-8-7-16-6-5-12-29-23(16)18/h5-8,12-14,20H,3-4,9-11,15H2,1-2H3,(H,26,28). The molecule has 0 aromatic heterocycles. The number of benzene rings is 1. The van der Waals surface area contributed by atoms with Crippen LogP contribution in [0.1, 0.15) is 42.4 Å². The second-order valence-corrected chi connectivity index (χ2v) is 8.31. The highest BCUT2D eigenvalue weighted by Crippen LogP contribution is 2.41. The molecule has 2 heterocycles. The number of ether oxygens (including phenoxy) is 1. The van der Waals surface area contributed by atoms with Gasteiger partial charge in [0.1, 0.15) is 5.76 Å². The molecule has 1 aliphatic carbocycles. The van der Waals surface area contributed by atoms with E-state index in [-0.39, 0.29) is 5.92 Å². The van der Waals surface area contributed by atoms with Crippen molar-refractivity contribution in [3.05, 3.63) is 64.4 Å². The molecule has 0 saturated carbocycles. The minimum atomic E-state index is -0.471. The summed E-state index contributed by atoms with van der Waals surface area (Å²) in [6, 6.07) is 12.1. The predicted octanol–water partition coefficient (Wildman–Crippen LogP) is 5.55. The molecular formula is C24H27ClN2O3. The summed E-state index contributed by atoms with van der Waals surface area (Å²) in [4.78, 5) is 14.5. The molecule has 1 aromatic rings. The van der Waals surface area contributed by atoms with Crippen LogP contribution in [0.4, 0.5) is 4.79 Å². The summed E-state index contributed by atoms with van der Waals surface area (Å²) in [5.74, 6) is 1.39. The normalized spacial score (nSPS) is 16.8. The fourth-order valence-electron chi connectivity index (χ4n) is 4.10. The maximum Gasteiger partial charge on any atom is 0.412 e. The van der Waals surface area contributed by atoms with Crippen LogP contribution in [0.3, 0.4) is 0 Å². The summed E-state index contributed by atoms with van der Waals surface area (Å²) in [5, 5.41) is 3.24. The monoisotopic (exact) mass is 426 g/mol. The van der Waals surface area contributed by atoms with E-state index >= 15 is 0 Å². The topological polar surface area (TPSA) is 54.7 Å². The first kappa shape index (κ1) is 20.8. The number of carbonyl (C=O) groups is 1. The Morgan fingerprint density at radius 2 is 2.17 bits per heavy atom. The molecule has 1 aromatic carbocycles. The van der Waals surface area contributed by atoms with Gasteiger partial charge in [0.2, 0.25) is 0 Å². The second kappa shape index (κ2) is 9.11. The SMILES string of the molecule is CCCCNC(=O)Oc1cc2c(cc1Cl)CCN(C)CC2c1ccc2cccoc1-2. The summed E-state index contributed by atoms with van der Waals surface area (Å²) in [5.41, 5.74) is 4.54.